The molecular formula is C20H14N4O4S. The number of carbonyl (C=O) groups is 1. The number of ether oxygens (including phenoxy) is 2. The average Bonchev–Trinajstić information content (AvgIpc) is 3.46. The molecule has 0 fully saturated rings. The Labute approximate surface area is 168 Å². The number of benzene rings is 1. The zero-order valence-corrected chi connectivity index (χ0v) is 15.8. The molecule has 0 unspecified atom stereocenters. The normalized spacial score (nSPS) is 13.4. The Morgan fingerprint density at radius 2 is 2.03 bits per heavy atom. The van der Waals surface area contributed by atoms with Gasteiger partial charge in [0.25, 0.3) is 11.8 Å². The molecule has 5 rings (SSSR count). The highest BCUT2D eigenvalue weighted by molar-refractivity contribution is 7.13. The predicted molar refractivity (Wildman–Crippen MR) is 107 cm³/mol. The lowest BCUT2D eigenvalue weighted by atomic mass is 10.1. The Kier molecular flexibility index (Phi) is 4.41. The quantitative estimate of drug-likeness (QED) is 0.548. The smallest absolute Gasteiger partial charge is 0.322 e. The van der Waals surface area contributed by atoms with Gasteiger partial charge in [0.05, 0.1) is 21.7 Å². The second-order valence-electron chi connectivity index (χ2n) is 6.12. The number of rotatable bonds is 4. The minimum Gasteiger partial charge on any atom is -0.494 e. The van der Waals surface area contributed by atoms with Crippen LogP contribution in [0.2, 0.25) is 0 Å². The van der Waals surface area contributed by atoms with Gasteiger partial charge in [-0.3, -0.25) is 10.1 Å². The molecule has 1 amide bonds. The van der Waals surface area contributed by atoms with Gasteiger partial charge in [-0.2, -0.15) is 0 Å². The molecule has 144 valence electrons. The lowest BCUT2D eigenvalue weighted by Gasteiger charge is -2.12. The summed E-state index contributed by atoms with van der Waals surface area (Å²) in [4.78, 5) is 18.7. The Bertz CT molecular complexity index is 1220. The standard InChI is InChI=1S/C20H14N4O4S/c25-18(22-20-24-23-19(28-20)16-11-26-7-8-27-16)13-10-15(17-6-3-9-29-17)21-14-5-2-1-4-12(13)14/h1-6,9-11H,7-8H2,(H,22,24,25). The van der Waals surface area contributed by atoms with E-state index < -0.39 is 0 Å². The summed E-state index contributed by atoms with van der Waals surface area (Å²) >= 11 is 1.56. The fraction of sp³-hybridized carbons (Fsp3) is 0.100. The lowest BCUT2D eigenvalue weighted by molar-refractivity contribution is 0.102. The Hall–Kier alpha value is -3.72. The molecule has 1 aliphatic rings. The molecule has 8 nitrogen and oxygen atoms in total. The number of hydrogen-bond donors (Lipinski definition) is 1. The molecule has 1 N–H and O–H groups in total. The van der Waals surface area contributed by atoms with Crippen LogP contribution in [0.4, 0.5) is 6.01 Å². The third kappa shape index (κ3) is 3.43. The lowest BCUT2D eigenvalue weighted by Crippen LogP contribution is -2.13. The monoisotopic (exact) mass is 406 g/mol. The molecule has 0 atom stereocenters. The van der Waals surface area contributed by atoms with Crippen LogP contribution < -0.4 is 5.32 Å². The van der Waals surface area contributed by atoms with Crippen LogP contribution in [0, 0.1) is 0 Å². The highest BCUT2D eigenvalue weighted by atomic mass is 32.1. The van der Waals surface area contributed by atoms with E-state index in [1.807, 2.05) is 41.8 Å². The molecule has 29 heavy (non-hydrogen) atoms. The molecule has 0 bridgehead atoms. The van der Waals surface area contributed by atoms with Gasteiger partial charge in [-0.1, -0.05) is 29.4 Å². The van der Waals surface area contributed by atoms with Crippen molar-refractivity contribution in [3.8, 4) is 10.6 Å². The molecule has 0 spiro atoms. The maximum absolute atomic E-state index is 13.0. The minimum atomic E-state index is -0.369. The maximum atomic E-state index is 13.0. The second kappa shape index (κ2) is 7.36. The molecular weight excluding hydrogens is 392 g/mol. The van der Waals surface area contributed by atoms with Gasteiger partial charge in [-0.05, 0) is 23.6 Å². The zero-order chi connectivity index (χ0) is 19.6. The van der Waals surface area contributed by atoms with E-state index in [1.165, 1.54) is 6.26 Å². The Morgan fingerprint density at radius 1 is 1.10 bits per heavy atom. The average molecular weight is 406 g/mol. The first kappa shape index (κ1) is 17.4. The molecule has 0 saturated carbocycles. The van der Waals surface area contributed by atoms with Crippen molar-refractivity contribution in [3.05, 3.63) is 65.6 Å². The SMILES string of the molecule is O=C(Nc1nnc(C2=COCCO2)o1)c1cc(-c2cccs2)nc2ccccc12. The van der Waals surface area contributed by atoms with Gasteiger partial charge < -0.3 is 13.9 Å². The Balaban J connectivity index is 1.48. The first-order valence-corrected chi connectivity index (χ1v) is 9.69. The van der Waals surface area contributed by atoms with E-state index in [2.05, 4.69) is 20.5 Å². The van der Waals surface area contributed by atoms with E-state index >= 15 is 0 Å². The van der Waals surface area contributed by atoms with Gasteiger partial charge in [-0.15, -0.1) is 16.4 Å². The molecule has 1 aliphatic heterocycles. The summed E-state index contributed by atoms with van der Waals surface area (Å²) in [5.74, 6) is 0.101. The van der Waals surface area contributed by atoms with Gasteiger partial charge in [0.15, 0.2) is 0 Å². The number of nitrogens with zero attached hydrogens (tertiary/aromatic N) is 3. The van der Waals surface area contributed by atoms with Crippen molar-refractivity contribution in [2.75, 3.05) is 18.5 Å². The van der Waals surface area contributed by atoms with E-state index in [9.17, 15) is 4.79 Å². The van der Waals surface area contributed by atoms with E-state index in [1.54, 1.807) is 17.4 Å². The van der Waals surface area contributed by atoms with Gasteiger partial charge in [0.1, 0.15) is 19.5 Å². The number of fused-ring (bicyclic) bond motifs is 1. The minimum absolute atomic E-state index is 0.0290. The number of amides is 1. The summed E-state index contributed by atoms with van der Waals surface area (Å²) in [5, 5.41) is 13.1. The summed E-state index contributed by atoms with van der Waals surface area (Å²) in [6.45, 7) is 0.854. The van der Waals surface area contributed by atoms with Crippen molar-refractivity contribution in [2.24, 2.45) is 0 Å². The third-order valence-corrected chi connectivity index (χ3v) is 5.13. The van der Waals surface area contributed by atoms with E-state index in [0.717, 1.165) is 21.5 Å². The van der Waals surface area contributed by atoms with Crippen LogP contribution in [0.5, 0.6) is 0 Å². The molecule has 3 aromatic heterocycles. The number of aromatic nitrogens is 3. The van der Waals surface area contributed by atoms with Gasteiger partial charge in [0.2, 0.25) is 5.76 Å². The fourth-order valence-electron chi connectivity index (χ4n) is 2.93. The van der Waals surface area contributed by atoms with Crippen molar-refractivity contribution in [2.45, 2.75) is 0 Å². The summed E-state index contributed by atoms with van der Waals surface area (Å²) in [6.07, 6.45) is 1.41. The van der Waals surface area contributed by atoms with Crippen LogP contribution in [0.3, 0.4) is 0 Å². The number of carbonyl (C=O) groups excluding carboxylic acids is 1. The molecule has 9 heteroatoms. The third-order valence-electron chi connectivity index (χ3n) is 4.24. The molecule has 4 aromatic rings. The van der Waals surface area contributed by atoms with Crippen LogP contribution in [0.1, 0.15) is 16.2 Å². The largest absolute Gasteiger partial charge is 0.494 e. The summed E-state index contributed by atoms with van der Waals surface area (Å²) in [5.41, 5.74) is 1.93. The molecule has 1 aromatic carbocycles. The Morgan fingerprint density at radius 3 is 2.86 bits per heavy atom. The number of para-hydroxylation sites is 1. The molecule has 0 saturated heterocycles. The van der Waals surface area contributed by atoms with Crippen LogP contribution >= 0.6 is 11.3 Å². The van der Waals surface area contributed by atoms with Crippen LogP contribution in [0.25, 0.3) is 27.2 Å². The van der Waals surface area contributed by atoms with E-state index in [-0.39, 0.29) is 17.8 Å². The number of hydrogen-bond acceptors (Lipinski definition) is 8. The summed E-state index contributed by atoms with van der Waals surface area (Å²) in [7, 11) is 0. The van der Waals surface area contributed by atoms with E-state index in [4.69, 9.17) is 13.9 Å². The van der Waals surface area contributed by atoms with E-state index in [0.29, 0.717) is 24.5 Å². The number of pyridine rings is 1. The topological polar surface area (TPSA) is 99.4 Å². The highest BCUT2D eigenvalue weighted by Gasteiger charge is 2.19. The van der Waals surface area contributed by atoms with Crippen LogP contribution in [-0.2, 0) is 9.47 Å². The second-order valence-corrected chi connectivity index (χ2v) is 7.07. The van der Waals surface area contributed by atoms with Crippen LogP contribution in [-0.4, -0.2) is 34.3 Å². The van der Waals surface area contributed by atoms with Crippen molar-refractivity contribution in [3.63, 3.8) is 0 Å². The van der Waals surface area contributed by atoms with Gasteiger partial charge in [0, 0.05) is 5.39 Å². The zero-order valence-electron chi connectivity index (χ0n) is 15.0. The van der Waals surface area contributed by atoms with Gasteiger partial charge >= 0.3 is 6.01 Å². The summed E-state index contributed by atoms with van der Waals surface area (Å²) < 4.78 is 16.1. The fourth-order valence-corrected chi connectivity index (χ4v) is 3.62. The first-order valence-electron chi connectivity index (χ1n) is 8.81. The van der Waals surface area contributed by atoms with Crippen molar-refractivity contribution in [1.29, 1.82) is 0 Å². The van der Waals surface area contributed by atoms with Crippen molar-refractivity contribution in [1.82, 2.24) is 15.2 Å². The maximum Gasteiger partial charge on any atom is 0.322 e. The number of thiophene rings is 1. The molecule has 0 radical (unpaired) electrons. The number of nitrogens with one attached hydrogen (secondary N) is 1. The summed E-state index contributed by atoms with van der Waals surface area (Å²) in [6, 6.07) is 13.1. The molecule has 4 heterocycles. The predicted octanol–water partition coefficient (Wildman–Crippen LogP) is 3.94. The number of anilines is 1. The highest BCUT2D eigenvalue weighted by Crippen LogP contribution is 2.28. The molecule has 0 aliphatic carbocycles. The van der Waals surface area contributed by atoms with Crippen molar-refractivity contribution < 1.29 is 18.7 Å². The first-order chi connectivity index (χ1) is 14.3. The van der Waals surface area contributed by atoms with Gasteiger partial charge in [-0.25, -0.2) is 4.98 Å². The van der Waals surface area contributed by atoms with Crippen molar-refractivity contribution >= 4 is 39.9 Å². The van der Waals surface area contributed by atoms with Crippen LogP contribution in [0.15, 0.2) is 58.5 Å².